The number of ether oxygens (including phenoxy) is 2. The monoisotopic (exact) mass is 428 g/mol. The lowest BCUT2D eigenvalue weighted by Crippen LogP contribution is -2.47. The van der Waals surface area contributed by atoms with Crippen LogP contribution >= 0.6 is 11.3 Å². The van der Waals surface area contributed by atoms with E-state index in [4.69, 9.17) is 9.47 Å². The minimum Gasteiger partial charge on any atom is -0.347 e. The summed E-state index contributed by atoms with van der Waals surface area (Å²) < 4.78 is 13.4. The van der Waals surface area contributed by atoms with Crippen LogP contribution in [0.15, 0.2) is 30.5 Å². The molecule has 2 aliphatic heterocycles. The number of amides is 1. The van der Waals surface area contributed by atoms with E-state index in [-0.39, 0.29) is 11.6 Å². The van der Waals surface area contributed by atoms with E-state index in [2.05, 4.69) is 4.98 Å². The number of rotatable bonds is 3. The average Bonchev–Trinajstić information content (AvgIpc) is 3.45. The molecule has 0 unspecified atom stereocenters. The first-order valence-corrected chi connectivity index (χ1v) is 10.6. The van der Waals surface area contributed by atoms with Gasteiger partial charge in [0.05, 0.1) is 23.8 Å². The predicted molar refractivity (Wildman–Crippen MR) is 110 cm³/mol. The molecule has 156 valence electrons. The van der Waals surface area contributed by atoms with E-state index in [1.807, 2.05) is 22.4 Å². The minimum atomic E-state index is -0.511. The number of aryl methyl sites for hydroxylation is 1. The lowest BCUT2D eigenvalue weighted by Gasteiger charge is -2.37. The topological polar surface area (TPSA) is 99.2 Å². The number of nitro groups is 1. The molecule has 3 aromatic rings. The Bertz CT molecular complexity index is 1140. The highest BCUT2D eigenvalue weighted by Crippen LogP contribution is 2.34. The molecule has 0 aliphatic carbocycles. The SMILES string of the molecule is Cc1c(C(=O)N2CCC3(CC2)OCCO3)sc2nc(-c3cccc([N+](=O)[O-])c3)cn12. The highest BCUT2D eigenvalue weighted by molar-refractivity contribution is 7.19. The maximum absolute atomic E-state index is 13.1. The van der Waals surface area contributed by atoms with Crippen molar-refractivity contribution >= 4 is 27.9 Å². The average molecular weight is 428 g/mol. The van der Waals surface area contributed by atoms with Crippen molar-refractivity contribution in [1.82, 2.24) is 14.3 Å². The number of nitrogens with zero attached hydrogens (tertiary/aromatic N) is 4. The number of carbonyl (C=O) groups is 1. The number of piperidine rings is 1. The highest BCUT2D eigenvalue weighted by Gasteiger charge is 2.41. The summed E-state index contributed by atoms with van der Waals surface area (Å²) in [7, 11) is 0. The van der Waals surface area contributed by atoms with Gasteiger partial charge in [-0.25, -0.2) is 4.98 Å². The zero-order valence-corrected chi connectivity index (χ0v) is 17.2. The predicted octanol–water partition coefficient (Wildman–Crippen LogP) is 3.26. The molecule has 2 aliphatic rings. The fourth-order valence-corrected chi connectivity index (χ4v) is 5.12. The van der Waals surface area contributed by atoms with Gasteiger partial charge in [0.1, 0.15) is 4.88 Å². The second kappa shape index (κ2) is 7.15. The van der Waals surface area contributed by atoms with E-state index in [1.165, 1.54) is 23.5 Å². The molecule has 2 aromatic heterocycles. The van der Waals surface area contributed by atoms with Crippen LogP contribution < -0.4 is 0 Å². The second-order valence-corrected chi connectivity index (χ2v) is 8.48. The minimum absolute atomic E-state index is 0.00672. The van der Waals surface area contributed by atoms with Crippen LogP contribution in [0.25, 0.3) is 16.2 Å². The quantitative estimate of drug-likeness (QED) is 0.469. The number of carbonyl (C=O) groups excluding carboxylic acids is 1. The number of aromatic nitrogens is 2. The molecule has 0 radical (unpaired) electrons. The van der Waals surface area contributed by atoms with Crippen LogP contribution in [-0.2, 0) is 9.47 Å². The summed E-state index contributed by atoms with van der Waals surface area (Å²) in [6, 6.07) is 6.39. The van der Waals surface area contributed by atoms with Crippen molar-refractivity contribution in [3.8, 4) is 11.3 Å². The largest absolute Gasteiger partial charge is 0.347 e. The number of fused-ring (bicyclic) bond motifs is 1. The van der Waals surface area contributed by atoms with Gasteiger partial charge in [0.2, 0.25) is 0 Å². The van der Waals surface area contributed by atoms with E-state index >= 15 is 0 Å². The van der Waals surface area contributed by atoms with Gasteiger partial charge in [-0.3, -0.25) is 19.3 Å². The molecule has 9 nitrogen and oxygen atoms in total. The lowest BCUT2D eigenvalue weighted by molar-refractivity contribution is -0.384. The molecule has 2 saturated heterocycles. The van der Waals surface area contributed by atoms with Crippen molar-refractivity contribution in [2.45, 2.75) is 25.6 Å². The first-order valence-electron chi connectivity index (χ1n) is 9.76. The van der Waals surface area contributed by atoms with Crippen molar-refractivity contribution in [2.24, 2.45) is 0 Å². The molecule has 4 heterocycles. The van der Waals surface area contributed by atoms with E-state index < -0.39 is 10.7 Å². The summed E-state index contributed by atoms with van der Waals surface area (Å²) in [5.74, 6) is -0.518. The summed E-state index contributed by atoms with van der Waals surface area (Å²) in [4.78, 5) is 31.5. The maximum Gasteiger partial charge on any atom is 0.270 e. The second-order valence-electron chi connectivity index (χ2n) is 7.50. The number of non-ortho nitro benzene ring substituents is 1. The van der Waals surface area contributed by atoms with Crippen LogP contribution in [-0.4, -0.2) is 57.2 Å². The third-order valence-electron chi connectivity index (χ3n) is 5.73. The number of likely N-dealkylation sites (tertiary alicyclic amines) is 1. The number of benzene rings is 1. The Labute approximate surface area is 176 Å². The summed E-state index contributed by atoms with van der Waals surface area (Å²) in [5, 5.41) is 11.0. The molecule has 10 heteroatoms. The van der Waals surface area contributed by atoms with Crippen LogP contribution in [0.3, 0.4) is 0 Å². The fourth-order valence-electron chi connectivity index (χ4n) is 4.05. The van der Waals surface area contributed by atoms with Gasteiger partial charge in [0.25, 0.3) is 11.6 Å². The molecule has 0 saturated carbocycles. The van der Waals surface area contributed by atoms with Gasteiger partial charge >= 0.3 is 0 Å². The standard InChI is InChI=1S/C20H20N4O5S/c1-13-17(18(25)22-7-5-20(6-8-22)28-9-10-29-20)30-19-21-16(12-23(13)19)14-3-2-4-15(11-14)24(26)27/h2-4,11-12H,5-10H2,1H3. The molecule has 0 N–H and O–H groups in total. The van der Waals surface area contributed by atoms with Crippen molar-refractivity contribution in [1.29, 1.82) is 0 Å². The van der Waals surface area contributed by atoms with Gasteiger partial charge in [-0.15, -0.1) is 0 Å². The van der Waals surface area contributed by atoms with Crippen molar-refractivity contribution in [3.05, 3.63) is 51.1 Å². The van der Waals surface area contributed by atoms with Gasteiger partial charge in [-0.2, -0.15) is 0 Å². The van der Waals surface area contributed by atoms with Gasteiger partial charge in [0, 0.05) is 55.5 Å². The molecular formula is C20H20N4O5S. The number of hydrogen-bond acceptors (Lipinski definition) is 7. The number of hydrogen-bond donors (Lipinski definition) is 0. The van der Waals surface area contributed by atoms with Gasteiger partial charge in [-0.1, -0.05) is 23.5 Å². The zero-order chi connectivity index (χ0) is 20.9. The van der Waals surface area contributed by atoms with E-state index in [0.29, 0.717) is 60.2 Å². The molecule has 0 atom stereocenters. The maximum atomic E-state index is 13.1. The summed E-state index contributed by atoms with van der Waals surface area (Å²) in [6.07, 6.45) is 3.18. The molecule has 1 aromatic carbocycles. The van der Waals surface area contributed by atoms with Crippen molar-refractivity contribution < 1.29 is 19.2 Å². The normalized spacial score (nSPS) is 18.4. The molecular weight excluding hydrogens is 408 g/mol. The Morgan fingerprint density at radius 2 is 2.00 bits per heavy atom. The summed E-state index contributed by atoms with van der Waals surface area (Å²) >= 11 is 1.34. The Kier molecular flexibility index (Phi) is 4.57. The molecule has 30 heavy (non-hydrogen) atoms. The third kappa shape index (κ3) is 3.17. The first-order chi connectivity index (χ1) is 14.5. The number of nitro benzene ring substituents is 1. The lowest BCUT2D eigenvalue weighted by atomic mass is 10.0. The Balaban J connectivity index is 1.38. The van der Waals surface area contributed by atoms with Crippen LogP contribution in [0.5, 0.6) is 0 Å². The molecule has 5 rings (SSSR count). The highest BCUT2D eigenvalue weighted by atomic mass is 32.1. The number of thiazole rings is 1. The van der Waals surface area contributed by atoms with E-state index in [0.717, 1.165) is 5.69 Å². The summed E-state index contributed by atoms with van der Waals surface area (Å²) in [5.41, 5.74) is 2.15. The number of imidazole rings is 1. The Morgan fingerprint density at radius 3 is 2.67 bits per heavy atom. The summed E-state index contributed by atoms with van der Waals surface area (Å²) in [6.45, 7) is 4.31. The zero-order valence-electron chi connectivity index (χ0n) is 16.4. The van der Waals surface area contributed by atoms with Crippen LogP contribution in [0.2, 0.25) is 0 Å². The Hall–Kier alpha value is -2.82. The van der Waals surface area contributed by atoms with E-state index in [9.17, 15) is 14.9 Å². The molecule has 1 spiro atoms. The van der Waals surface area contributed by atoms with Gasteiger partial charge < -0.3 is 14.4 Å². The van der Waals surface area contributed by atoms with Crippen LogP contribution in [0.4, 0.5) is 5.69 Å². The van der Waals surface area contributed by atoms with Crippen LogP contribution in [0, 0.1) is 17.0 Å². The van der Waals surface area contributed by atoms with Gasteiger partial charge in [0.15, 0.2) is 10.7 Å². The molecule has 2 fully saturated rings. The first kappa shape index (κ1) is 19.2. The molecule has 0 bridgehead atoms. The third-order valence-corrected chi connectivity index (χ3v) is 6.87. The van der Waals surface area contributed by atoms with Crippen molar-refractivity contribution in [3.63, 3.8) is 0 Å². The van der Waals surface area contributed by atoms with Crippen molar-refractivity contribution in [2.75, 3.05) is 26.3 Å². The fraction of sp³-hybridized carbons (Fsp3) is 0.400. The smallest absolute Gasteiger partial charge is 0.270 e. The molecule has 1 amide bonds. The van der Waals surface area contributed by atoms with E-state index in [1.54, 1.807) is 12.1 Å². The van der Waals surface area contributed by atoms with Gasteiger partial charge in [-0.05, 0) is 6.92 Å². The Morgan fingerprint density at radius 1 is 1.27 bits per heavy atom. The van der Waals surface area contributed by atoms with Crippen LogP contribution in [0.1, 0.15) is 28.2 Å².